The molecule has 0 rings (SSSR count). The Hall–Kier alpha value is -1.24. The van der Waals surface area contributed by atoms with E-state index >= 15 is 0 Å². The molecule has 0 aromatic rings. The summed E-state index contributed by atoms with van der Waals surface area (Å²) in [6, 6.07) is -0.313. The molecule has 7 unspecified atom stereocenters. The highest BCUT2D eigenvalue weighted by molar-refractivity contribution is 5.92. The van der Waals surface area contributed by atoms with Crippen LogP contribution in [0.1, 0.15) is 359 Å². The van der Waals surface area contributed by atoms with Crippen LogP contribution in [-0.2, 0) is 28.5 Å². The fraction of sp³-hybridized carbons (Fsp3) is 0.949. The molecule has 88 heavy (non-hydrogen) atoms. The summed E-state index contributed by atoms with van der Waals surface area (Å²) in [5.41, 5.74) is 2.68. The Labute approximate surface area is 555 Å². The molecule has 0 aliphatic heterocycles. The first kappa shape index (κ1) is 106. The van der Waals surface area contributed by atoms with Gasteiger partial charge in [0.15, 0.2) is 0 Å². The zero-order valence-corrected chi connectivity index (χ0v) is 67.5. The van der Waals surface area contributed by atoms with Crippen LogP contribution in [0.5, 0.6) is 0 Å². The molecule has 0 amide bonds. The quantitative estimate of drug-likeness (QED) is 0.0618. The van der Waals surface area contributed by atoms with E-state index in [1.54, 1.807) is 14.0 Å². The van der Waals surface area contributed by atoms with Crippen molar-refractivity contribution in [3.8, 4) is 0 Å². The number of rotatable bonds is 26. The number of ketones is 2. The normalized spacial score (nSPS) is 14.5. The van der Waals surface area contributed by atoms with E-state index in [-0.39, 0.29) is 41.3 Å². The second kappa shape index (κ2) is 58.3. The van der Waals surface area contributed by atoms with Crippen LogP contribution in [0.25, 0.3) is 0 Å². The Kier molecular flexibility index (Phi) is 70.0. The van der Waals surface area contributed by atoms with Crippen molar-refractivity contribution < 1.29 is 43.9 Å². The first-order valence-corrected chi connectivity index (χ1v) is 35.1. The monoisotopic (exact) mass is 1260 g/mol. The van der Waals surface area contributed by atoms with Gasteiger partial charge < -0.3 is 39.6 Å². The van der Waals surface area contributed by atoms with Crippen molar-refractivity contribution in [3.63, 3.8) is 0 Å². The maximum atomic E-state index is 11.7. The second-order valence-electron chi connectivity index (χ2n) is 34.3. The summed E-state index contributed by atoms with van der Waals surface area (Å²) >= 11 is 0. The van der Waals surface area contributed by atoms with E-state index in [9.17, 15) is 9.59 Å². The minimum atomic E-state index is -0.358. The van der Waals surface area contributed by atoms with Crippen molar-refractivity contribution in [1.82, 2.24) is 5.32 Å². The van der Waals surface area contributed by atoms with Gasteiger partial charge in [-0.3, -0.25) is 9.59 Å². The molecule has 0 aliphatic carbocycles. The summed E-state index contributed by atoms with van der Waals surface area (Å²) in [7, 11) is 1.72. The highest BCUT2D eigenvalue weighted by Crippen LogP contribution is 2.26. The van der Waals surface area contributed by atoms with Crippen molar-refractivity contribution in [2.75, 3.05) is 33.5 Å². The van der Waals surface area contributed by atoms with E-state index in [4.69, 9.17) is 34.3 Å². The predicted molar refractivity (Wildman–Crippen MR) is 393 cm³/mol. The van der Waals surface area contributed by atoms with Crippen LogP contribution in [0.2, 0.25) is 0 Å². The fourth-order valence-electron chi connectivity index (χ4n) is 6.37. The minimum Gasteiger partial charge on any atom is -0.393 e. The molecular formula is C78H169NO9. The maximum Gasteiger partial charge on any atom is 0.149 e. The van der Waals surface area contributed by atoms with Crippen LogP contribution in [0.3, 0.4) is 0 Å². The molecule has 0 aromatic carbocycles. The Morgan fingerprint density at radius 1 is 0.420 bits per heavy atom. The summed E-state index contributed by atoms with van der Waals surface area (Å²) in [4.78, 5) is 23.1. The van der Waals surface area contributed by atoms with E-state index in [0.29, 0.717) is 81.8 Å². The van der Waals surface area contributed by atoms with Gasteiger partial charge in [0, 0.05) is 44.7 Å². The van der Waals surface area contributed by atoms with Crippen molar-refractivity contribution in [1.29, 1.82) is 0 Å². The minimum absolute atomic E-state index is 0.102. The van der Waals surface area contributed by atoms with Crippen LogP contribution in [0.15, 0.2) is 12.2 Å². The highest BCUT2D eigenvalue weighted by atomic mass is 16.5. The molecular weight excluding hydrogens is 1090 g/mol. The molecule has 0 saturated carbocycles. The Bertz CT molecular complexity index is 1450. The van der Waals surface area contributed by atoms with Gasteiger partial charge in [-0.15, -0.1) is 0 Å². The van der Waals surface area contributed by atoms with Gasteiger partial charge in [0.25, 0.3) is 0 Å². The number of hydrogen-bond donors (Lipinski definition) is 4. The Morgan fingerprint density at radius 3 is 0.864 bits per heavy atom. The number of ether oxygens (including phenoxy) is 4. The number of carbonyl (C=O) groups excluding carboxylic acids is 2. The number of allylic oxidation sites excluding steroid dienone is 2. The smallest absolute Gasteiger partial charge is 0.149 e. The molecule has 0 aromatic heterocycles. The van der Waals surface area contributed by atoms with Crippen LogP contribution in [0, 0.1) is 43.3 Å². The molecule has 10 heteroatoms. The first-order chi connectivity index (χ1) is 39.3. The standard InChI is InChI=1S/C12H26O2.C11H21NO2.2C10H22O.2C8H18O.C8H16.C6H14.C5H12O/c1-10(13)7-9-14-11(2)6-8-12(3,4)5;1-6-9(13)8(12-5)7-10(14)11(2,3)4;2*1-6-11-9(2)7-8-10(3,4)5;2*1-7(9)5-6-8(2,3)4;1-5-6-7-8(2,3)4;1-5-6(2,3)4;1-4-6-5(2)3/h10-11,13H,6-9H2,1-5H3;8,12H,6-7H2,1-5H3;2*9H,6-8H2,1-5H3;2*7,9H,5-6H2,1-4H3;5-6H,7H2,1-4H3;5H2,1-4H3;5H,4H2,1-3H3. The average molecular weight is 1270 g/mol. The number of hydrogen-bond acceptors (Lipinski definition) is 10. The molecule has 0 bridgehead atoms. The van der Waals surface area contributed by atoms with E-state index in [1.807, 2.05) is 76.2 Å². The predicted octanol–water partition coefficient (Wildman–Crippen LogP) is 22.3. The molecule has 540 valence electrons. The zero-order chi connectivity index (χ0) is 72.2. The summed E-state index contributed by atoms with van der Waals surface area (Å²) in [5.74, 6) is 0.226. The van der Waals surface area contributed by atoms with E-state index < -0.39 is 0 Å². The maximum absolute atomic E-state index is 11.7. The van der Waals surface area contributed by atoms with E-state index in [1.165, 1.54) is 44.9 Å². The number of Topliss-reactive ketones (excluding diaryl/α,β-unsaturated/α-hetero) is 2. The third-order valence-corrected chi connectivity index (χ3v) is 13.2. The average Bonchev–Trinajstić information content (AvgIpc) is 3.34. The van der Waals surface area contributed by atoms with Crippen LogP contribution in [0.4, 0.5) is 0 Å². The van der Waals surface area contributed by atoms with E-state index in [0.717, 1.165) is 58.3 Å². The van der Waals surface area contributed by atoms with Gasteiger partial charge in [0.05, 0.1) is 48.8 Å². The van der Waals surface area contributed by atoms with Crippen LogP contribution < -0.4 is 5.32 Å². The van der Waals surface area contributed by atoms with Crippen LogP contribution >= 0.6 is 0 Å². The van der Waals surface area contributed by atoms with Crippen molar-refractivity contribution in [2.45, 2.75) is 408 Å². The van der Waals surface area contributed by atoms with Gasteiger partial charge in [-0.1, -0.05) is 199 Å². The summed E-state index contributed by atoms with van der Waals surface area (Å²) in [6.45, 7) is 83.9. The first-order valence-electron chi connectivity index (χ1n) is 35.1. The number of likely N-dealkylation sites (N-methyl/N-ethyl adjacent to an activating group) is 1. The van der Waals surface area contributed by atoms with Crippen molar-refractivity contribution in [3.05, 3.63) is 12.2 Å². The molecule has 7 atom stereocenters. The van der Waals surface area contributed by atoms with Gasteiger partial charge >= 0.3 is 0 Å². The SMILES string of the molecule is CC(O)CCC(C)(C)C.CC(O)CCC(C)(C)C.CC(O)CCOC(C)CCC(C)(C)C.CC=CCC(C)(C)C.CCC(=O)C(CC(=O)C(C)(C)C)NC.CCC(C)(C)C.CCOC(C)C.CCOC(C)CCC(C)(C)C.CCOC(C)CCC(C)(C)C. The highest BCUT2D eigenvalue weighted by Gasteiger charge is 2.26. The van der Waals surface area contributed by atoms with Crippen LogP contribution in [-0.4, -0.2) is 109 Å². The van der Waals surface area contributed by atoms with Gasteiger partial charge in [-0.2, -0.15) is 0 Å². The fourth-order valence-corrected chi connectivity index (χ4v) is 6.37. The third-order valence-electron chi connectivity index (χ3n) is 13.2. The van der Waals surface area contributed by atoms with Gasteiger partial charge in [0.1, 0.15) is 11.6 Å². The molecule has 0 radical (unpaired) electrons. The third kappa shape index (κ3) is 122. The molecule has 0 heterocycles. The zero-order valence-electron chi connectivity index (χ0n) is 67.5. The van der Waals surface area contributed by atoms with Gasteiger partial charge in [-0.05, 0) is 205 Å². The summed E-state index contributed by atoms with van der Waals surface area (Å²) in [5, 5.41) is 29.8. The number of aliphatic hydroxyl groups excluding tert-OH is 3. The van der Waals surface area contributed by atoms with Crippen molar-refractivity contribution in [2.24, 2.45) is 43.3 Å². The molecule has 10 nitrogen and oxygen atoms in total. The Morgan fingerprint density at radius 2 is 0.705 bits per heavy atom. The summed E-state index contributed by atoms with van der Waals surface area (Å²) < 4.78 is 21.5. The lowest BCUT2D eigenvalue weighted by Gasteiger charge is -2.21. The summed E-state index contributed by atoms with van der Waals surface area (Å²) in [6.07, 6.45) is 20.5. The van der Waals surface area contributed by atoms with E-state index in [2.05, 4.69) is 197 Å². The molecule has 0 spiro atoms. The number of carbonyl (C=O) groups is 2. The molecule has 4 N–H and O–H groups in total. The lowest BCUT2D eigenvalue weighted by atomic mass is 9.86. The lowest BCUT2D eigenvalue weighted by Crippen LogP contribution is -2.38. The number of aliphatic hydroxyl groups is 3. The number of nitrogens with one attached hydrogen (secondary N) is 1. The molecule has 0 saturated heterocycles. The van der Waals surface area contributed by atoms with Crippen molar-refractivity contribution >= 4 is 11.6 Å². The van der Waals surface area contributed by atoms with Gasteiger partial charge in [0.2, 0.25) is 0 Å². The second-order valence-corrected chi connectivity index (χ2v) is 34.3. The topological polar surface area (TPSA) is 144 Å². The Balaban J connectivity index is -0.000000115. The molecule has 0 aliphatic rings. The largest absolute Gasteiger partial charge is 0.393 e. The molecule has 0 fully saturated rings. The van der Waals surface area contributed by atoms with Gasteiger partial charge in [-0.25, -0.2) is 0 Å². The lowest BCUT2D eigenvalue weighted by molar-refractivity contribution is -0.130.